The predicted octanol–water partition coefficient (Wildman–Crippen LogP) is 5.55. The van der Waals surface area contributed by atoms with E-state index in [1.807, 2.05) is 121 Å². The number of β-amino-alcohol motifs (C(OH)–C–C–N with tert-alkyl or cyclic N) is 1. The molecule has 12 nitrogen and oxygen atoms in total. The SMILES string of the molecule is FC(F)(F)COCCN1C[C@H](OCc2ccccc2)[C@@H](OCc2ccccc2)[C@H](OCc2ccccc2)[C@H]1COCc1ccccc1.OC[C@@H]1[C@@H](O)[C@H](O)[C@@H](O)CN1CCOCC(F)(F)F. The van der Waals surface area contributed by atoms with Gasteiger partial charge in [0.2, 0.25) is 0 Å². The molecule has 4 N–H and O–H groups in total. The van der Waals surface area contributed by atoms with Crippen LogP contribution in [0.5, 0.6) is 0 Å². The van der Waals surface area contributed by atoms with Gasteiger partial charge in [0.05, 0.1) is 77.1 Å². The molecule has 0 bridgehead atoms. The van der Waals surface area contributed by atoms with Crippen LogP contribution in [0.1, 0.15) is 22.3 Å². The minimum atomic E-state index is -4.41. The lowest BCUT2D eigenvalue weighted by molar-refractivity contribution is -0.214. The van der Waals surface area contributed by atoms with Crippen LogP contribution in [0.4, 0.5) is 26.3 Å². The zero-order valence-electron chi connectivity index (χ0n) is 36.5. The van der Waals surface area contributed by atoms with Gasteiger partial charge in [-0.2, -0.15) is 26.3 Å². The Kier molecular flexibility index (Phi) is 21.7. The summed E-state index contributed by atoms with van der Waals surface area (Å²) in [5, 5.41) is 37.6. The molecule has 0 amide bonds. The molecular formula is C48H60F6N2O10. The second-order valence-corrected chi connectivity index (χ2v) is 16.0. The average molecular weight is 939 g/mol. The van der Waals surface area contributed by atoms with Gasteiger partial charge in [-0.1, -0.05) is 121 Å². The quantitative estimate of drug-likeness (QED) is 0.0581. The minimum Gasteiger partial charge on any atom is -0.395 e. The summed E-state index contributed by atoms with van der Waals surface area (Å²) in [5.74, 6) is 0. The molecule has 2 saturated heterocycles. The van der Waals surface area contributed by atoms with Crippen LogP contribution >= 0.6 is 0 Å². The Labute approximate surface area is 381 Å². The van der Waals surface area contributed by atoms with E-state index in [1.54, 1.807) is 0 Å². The average Bonchev–Trinajstić information content (AvgIpc) is 3.30. The zero-order chi connectivity index (χ0) is 47.4. The molecule has 4 aromatic rings. The molecule has 66 heavy (non-hydrogen) atoms. The van der Waals surface area contributed by atoms with Gasteiger partial charge in [-0.3, -0.25) is 9.80 Å². The van der Waals surface area contributed by atoms with Crippen LogP contribution < -0.4 is 0 Å². The number of alkyl halides is 6. The van der Waals surface area contributed by atoms with E-state index in [2.05, 4.69) is 9.64 Å². The highest BCUT2D eigenvalue weighted by molar-refractivity contribution is 5.17. The van der Waals surface area contributed by atoms with Gasteiger partial charge in [-0.05, 0) is 22.3 Å². The lowest BCUT2D eigenvalue weighted by Gasteiger charge is -2.48. The number of halogens is 6. The molecule has 0 aliphatic carbocycles. The highest BCUT2D eigenvalue weighted by Gasteiger charge is 2.46. The number of aliphatic hydroxyl groups is 4. The second-order valence-electron chi connectivity index (χ2n) is 16.0. The Hall–Kier alpha value is -4.02. The number of aliphatic hydroxyl groups excluding tert-OH is 4. The largest absolute Gasteiger partial charge is 0.411 e. The van der Waals surface area contributed by atoms with Crippen molar-refractivity contribution in [1.29, 1.82) is 0 Å². The number of nitrogens with zero attached hydrogens (tertiary/aromatic N) is 2. The lowest BCUT2D eigenvalue weighted by atomic mass is 9.93. The summed E-state index contributed by atoms with van der Waals surface area (Å²) in [7, 11) is 0. The van der Waals surface area contributed by atoms with Crippen molar-refractivity contribution in [2.24, 2.45) is 0 Å². The van der Waals surface area contributed by atoms with Crippen LogP contribution in [0.25, 0.3) is 0 Å². The Morgan fingerprint density at radius 1 is 0.485 bits per heavy atom. The van der Waals surface area contributed by atoms with Gasteiger partial charge < -0.3 is 48.8 Å². The first-order valence-corrected chi connectivity index (χ1v) is 21.7. The van der Waals surface area contributed by atoms with E-state index in [0.717, 1.165) is 22.3 Å². The highest BCUT2D eigenvalue weighted by atomic mass is 19.4. The molecule has 0 saturated carbocycles. The number of likely N-dealkylation sites (tertiary alicyclic amines) is 2. The number of benzene rings is 4. The molecule has 2 fully saturated rings. The fraction of sp³-hybridized carbons (Fsp3) is 0.500. The van der Waals surface area contributed by atoms with E-state index in [4.69, 9.17) is 28.8 Å². The van der Waals surface area contributed by atoms with Gasteiger partial charge in [0.25, 0.3) is 0 Å². The Morgan fingerprint density at radius 2 is 0.894 bits per heavy atom. The highest BCUT2D eigenvalue weighted by Crippen LogP contribution is 2.30. The Bertz CT molecular complexity index is 1890. The van der Waals surface area contributed by atoms with E-state index in [1.165, 1.54) is 4.90 Å². The number of hydrogen-bond acceptors (Lipinski definition) is 12. The number of hydrogen-bond donors (Lipinski definition) is 4. The van der Waals surface area contributed by atoms with Gasteiger partial charge in [0.15, 0.2) is 0 Å². The Morgan fingerprint density at radius 3 is 1.33 bits per heavy atom. The molecule has 8 atom stereocenters. The molecule has 6 rings (SSSR count). The van der Waals surface area contributed by atoms with Gasteiger partial charge in [-0.25, -0.2) is 0 Å². The van der Waals surface area contributed by atoms with Crippen LogP contribution in [0.15, 0.2) is 121 Å². The topological polar surface area (TPSA) is 143 Å². The number of ether oxygens (including phenoxy) is 6. The summed E-state index contributed by atoms with van der Waals surface area (Å²) in [4.78, 5) is 3.45. The molecule has 2 aliphatic heterocycles. The van der Waals surface area contributed by atoms with E-state index < -0.39 is 74.8 Å². The standard InChI is InChI=1S/C38H42F3NO5.C10H18F3NO5/c39-38(40,41)29-43-22-21-42-23-35(45-25-31-15-7-2-8-16-31)37(47-27-33-19-11-4-12-20-33)36(46-26-32-17-9-3-10-18-32)34(42)28-44-24-30-13-5-1-6-14-30;11-10(12,13)5-19-2-1-14-3-7(16)9(18)8(17)6(14)4-15/h1-20,34-37H,21-29H2;6-9,15-18H,1-5H2/t34-,35+,36-,37-;6-,7+,8-,9-/m11/s1. The molecule has 4 aromatic carbocycles. The van der Waals surface area contributed by atoms with Crippen LogP contribution in [0, 0.1) is 0 Å². The number of rotatable bonds is 22. The molecule has 2 aliphatic rings. The van der Waals surface area contributed by atoms with Crippen LogP contribution in [-0.2, 0) is 54.8 Å². The summed E-state index contributed by atoms with van der Waals surface area (Å²) in [5.41, 5.74) is 4.03. The molecule has 0 aromatic heterocycles. The summed E-state index contributed by atoms with van der Waals surface area (Å²) in [6, 6.07) is 38.3. The Balaban J connectivity index is 0.000000360. The molecule has 2 heterocycles. The van der Waals surface area contributed by atoms with Gasteiger partial charge in [-0.15, -0.1) is 0 Å². The van der Waals surface area contributed by atoms with Crippen molar-refractivity contribution in [2.45, 2.75) is 87.5 Å². The first-order valence-electron chi connectivity index (χ1n) is 21.7. The molecule has 0 radical (unpaired) electrons. The van der Waals surface area contributed by atoms with Gasteiger partial charge in [0, 0.05) is 26.2 Å². The maximum atomic E-state index is 12.9. The summed E-state index contributed by atoms with van der Waals surface area (Å²) < 4.78 is 110. The third-order valence-electron chi connectivity index (χ3n) is 11.0. The second kappa shape index (κ2) is 27.1. The van der Waals surface area contributed by atoms with Crippen molar-refractivity contribution in [3.05, 3.63) is 144 Å². The number of piperidine rings is 2. The van der Waals surface area contributed by atoms with Gasteiger partial charge in [0.1, 0.15) is 37.6 Å². The van der Waals surface area contributed by atoms with Crippen molar-refractivity contribution in [1.82, 2.24) is 9.80 Å². The first kappa shape index (κ1) is 52.9. The molecule has 0 unspecified atom stereocenters. The molecule has 364 valence electrons. The maximum absolute atomic E-state index is 12.9. The van der Waals surface area contributed by atoms with Crippen molar-refractivity contribution >= 4 is 0 Å². The maximum Gasteiger partial charge on any atom is 0.411 e. The minimum absolute atomic E-state index is 0.00213. The van der Waals surface area contributed by atoms with Crippen LogP contribution in [-0.4, -0.2) is 157 Å². The fourth-order valence-corrected chi connectivity index (χ4v) is 7.68. The predicted molar refractivity (Wildman–Crippen MR) is 231 cm³/mol. The summed E-state index contributed by atoms with van der Waals surface area (Å²) in [6.07, 6.45) is -14.3. The van der Waals surface area contributed by atoms with Gasteiger partial charge >= 0.3 is 12.4 Å². The van der Waals surface area contributed by atoms with Crippen molar-refractivity contribution in [2.75, 3.05) is 65.8 Å². The van der Waals surface area contributed by atoms with Crippen molar-refractivity contribution in [3.8, 4) is 0 Å². The summed E-state index contributed by atoms with van der Waals surface area (Å²) >= 11 is 0. The van der Waals surface area contributed by atoms with Crippen LogP contribution in [0.2, 0.25) is 0 Å². The van der Waals surface area contributed by atoms with Crippen LogP contribution in [0.3, 0.4) is 0 Å². The normalized spacial score (nSPS) is 24.2. The van der Waals surface area contributed by atoms with E-state index in [-0.39, 0.29) is 45.5 Å². The smallest absolute Gasteiger partial charge is 0.395 e. The summed E-state index contributed by atoms with van der Waals surface area (Å²) in [6.45, 7) is -1.31. The van der Waals surface area contributed by atoms with Crippen molar-refractivity contribution in [3.63, 3.8) is 0 Å². The third-order valence-corrected chi connectivity index (χ3v) is 11.0. The fourth-order valence-electron chi connectivity index (χ4n) is 7.68. The van der Waals surface area contributed by atoms with E-state index in [0.29, 0.717) is 33.0 Å². The van der Waals surface area contributed by atoms with E-state index in [9.17, 15) is 41.7 Å². The lowest BCUT2D eigenvalue weighted by Crippen LogP contribution is -2.65. The molecule has 18 heteroatoms. The molecule has 0 spiro atoms. The van der Waals surface area contributed by atoms with E-state index >= 15 is 0 Å². The third kappa shape index (κ3) is 18.2. The zero-order valence-corrected chi connectivity index (χ0v) is 36.5. The monoisotopic (exact) mass is 938 g/mol. The molecular weight excluding hydrogens is 879 g/mol. The first-order chi connectivity index (χ1) is 31.7. The van der Waals surface area contributed by atoms with Crippen molar-refractivity contribution < 1.29 is 75.2 Å².